The van der Waals surface area contributed by atoms with Gasteiger partial charge in [0, 0.05) is 6.54 Å². The molecule has 2 aromatic carbocycles. The van der Waals surface area contributed by atoms with Crippen LogP contribution in [0.4, 0.5) is 5.69 Å². The second-order valence-electron chi connectivity index (χ2n) is 6.34. The summed E-state index contributed by atoms with van der Waals surface area (Å²) in [6, 6.07) is 12.5. The summed E-state index contributed by atoms with van der Waals surface area (Å²) in [5, 5.41) is 3.00. The molecule has 1 amide bonds. The highest BCUT2D eigenvalue weighted by molar-refractivity contribution is 7.92. The number of hydrogen-bond acceptors (Lipinski definition) is 4. The monoisotopic (exact) mass is 410 g/mol. The Balaban J connectivity index is 2.42. The van der Waals surface area contributed by atoms with Crippen LogP contribution in [0.25, 0.3) is 0 Å². The number of halogens is 1. The van der Waals surface area contributed by atoms with Crippen LogP contribution in [0.15, 0.2) is 53.4 Å². The van der Waals surface area contributed by atoms with Crippen molar-refractivity contribution in [3.8, 4) is 5.75 Å². The molecule has 0 heterocycles. The molecular weight excluding hydrogens is 388 g/mol. The average Bonchev–Trinajstić information content (AvgIpc) is 2.65. The number of nitrogens with one attached hydrogen (secondary N) is 1. The van der Waals surface area contributed by atoms with Crippen molar-refractivity contribution in [2.45, 2.75) is 18.7 Å². The highest BCUT2D eigenvalue weighted by Crippen LogP contribution is 2.31. The van der Waals surface area contributed by atoms with Gasteiger partial charge in [0.05, 0.1) is 22.7 Å². The van der Waals surface area contributed by atoms with Crippen molar-refractivity contribution < 1.29 is 17.9 Å². The van der Waals surface area contributed by atoms with E-state index in [1.54, 1.807) is 30.3 Å². The van der Waals surface area contributed by atoms with E-state index in [0.29, 0.717) is 12.3 Å². The summed E-state index contributed by atoms with van der Waals surface area (Å²) in [4.78, 5) is 12.4. The summed E-state index contributed by atoms with van der Waals surface area (Å²) in [5.41, 5.74) is 0.282. The Morgan fingerprint density at radius 1 is 1.19 bits per heavy atom. The molecule has 0 spiro atoms. The van der Waals surface area contributed by atoms with Crippen LogP contribution in [0, 0.1) is 5.92 Å². The predicted molar refractivity (Wildman–Crippen MR) is 107 cm³/mol. The van der Waals surface area contributed by atoms with Gasteiger partial charge in [-0.3, -0.25) is 9.10 Å². The third-order valence-corrected chi connectivity index (χ3v) is 5.83. The van der Waals surface area contributed by atoms with Gasteiger partial charge in [-0.2, -0.15) is 0 Å². The number of carbonyl (C=O) groups excluding carboxylic acids is 1. The number of benzene rings is 2. The lowest BCUT2D eigenvalue weighted by Crippen LogP contribution is -2.41. The van der Waals surface area contributed by atoms with Crippen LogP contribution in [0.3, 0.4) is 0 Å². The summed E-state index contributed by atoms with van der Waals surface area (Å²) in [6.45, 7) is 4.03. The smallest absolute Gasteiger partial charge is 0.264 e. The summed E-state index contributed by atoms with van der Waals surface area (Å²) in [7, 11) is -2.48. The minimum atomic E-state index is -3.95. The molecule has 6 nitrogen and oxygen atoms in total. The van der Waals surface area contributed by atoms with Crippen molar-refractivity contribution >= 4 is 33.2 Å². The highest BCUT2D eigenvalue weighted by atomic mass is 35.5. The molecule has 8 heteroatoms. The number of sulfonamides is 1. The molecule has 27 heavy (non-hydrogen) atoms. The van der Waals surface area contributed by atoms with E-state index in [9.17, 15) is 13.2 Å². The fourth-order valence-electron chi connectivity index (χ4n) is 2.35. The predicted octanol–water partition coefficient (Wildman–Crippen LogP) is 3.32. The molecule has 1 N–H and O–H groups in total. The van der Waals surface area contributed by atoms with E-state index in [0.717, 1.165) is 4.31 Å². The Kier molecular flexibility index (Phi) is 7.10. The molecule has 0 saturated carbocycles. The van der Waals surface area contributed by atoms with E-state index in [1.165, 1.54) is 25.3 Å². The fourth-order valence-corrected chi connectivity index (χ4v) is 4.04. The molecule has 2 aromatic rings. The summed E-state index contributed by atoms with van der Waals surface area (Å²) in [5.74, 6) is 0.278. The standard InChI is InChI=1S/C19H23ClN2O4S/c1-14(2)12-21-19(23)13-22(15-9-10-18(26-3)17(20)11-15)27(24,25)16-7-5-4-6-8-16/h4-11,14H,12-13H2,1-3H3,(H,21,23). The number of nitrogens with zero attached hydrogens (tertiary/aromatic N) is 1. The molecule has 0 aliphatic carbocycles. The number of hydrogen-bond donors (Lipinski definition) is 1. The van der Waals surface area contributed by atoms with Crippen molar-refractivity contribution in [3.05, 3.63) is 53.6 Å². The van der Waals surface area contributed by atoms with Crippen molar-refractivity contribution in [2.24, 2.45) is 5.92 Å². The maximum Gasteiger partial charge on any atom is 0.264 e. The molecule has 0 atom stereocenters. The van der Waals surface area contributed by atoms with Gasteiger partial charge in [-0.05, 0) is 36.2 Å². The molecule has 0 aromatic heterocycles. The SMILES string of the molecule is COc1ccc(N(CC(=O)NCC(C)C)S(=O)(=O)c2ccccc2)cc1Cl. The number of methoxy groups -OCH3 is 1. The van der Waals surface area contributed by atoms with Crippen molar-refractivity contribution in [3.63, 3.8) is 0 Å². The van der Waals surface area contributed by atoms with Gasteiger partial charge in [0.2, 0.25) is 5.91 Å². The lowest BCUT2D eigenvalue weighted by Gasteiger charge is -2.24. The zero-order chi connectivity index (χ0) is 20.0. The van der Waals surface area contributed by atoms with Crippen LogP contribution in [-0.4, -0.2) is 34.5 Å². The minimum absolute atomic E-state index is 0.0913. The number of rotatable bonds is 8. The maximum absolute atomic E-state index is 13.1. The first kappa shape index (κ1) is 21.1. The van der Waals surface area contributed by atoms with Gasteiger partial charge in [0.1, 0.15) is 12.3 Å². The fraction of sp³-hybridized carbons (Fsp3) is 0.316. The summed E-state index contributed by atoms with van der Waals surface area (Å²) >= 11 is 6.16. The maximum atomic E-state index is 13.1. The molecular formula is C19H23ClN2O4S. The zero-order valence-corrected chi connectivity index (χ0v) is 17.0. The summed E-state index contributed by atoms with van der Waals surface area (Å²) < 4.78 is 32.4. The minimum Gasteiger partial charge on any atom is -0.495 e. The third-order valence-electron chi connectivity index (χ3n) is 3.75. The quantitative estimate of drug-likeness (QED) is 0.724. The van der Waals surface area contributed by atoms with E-state index in [4.69, 9.17) is 16.3 Å². The lowest BCUT2D eigenvalue weighted by molar-refractivity contribution is -0.119. The van der Waals surface area contributed by atoms with Crippen molar-refractivity contribution in [2.75, 3.05) is 24.5 Å². The highest BCUT2D eigenvalue weighted by Gasteiger charge is 2.27. The van der Waals surface area contributed by atoms with Gasteiger partial charge in [-0.1, -0.05) is 43.6 Å². The van der Waals surface area contributed by atoms with E-state index in [1.807, 2.05) is 13.8 Å². The second-order valence-corrected chi connectivity index (χ2v) is 8.61. The zero-order valence-electron chi connectivity index (χ0n) is 15.5. The van der Waals surface area contributed by atoms with Gasteiger partial charge < -0.3 is 10.1 Å². The van der Waals surface area contributed by atoms with Crippen LogP contribution in [0.2, 0.25) is 5.02 Å². The molecule has 0 radical (unpaired) electrons. The lowest BCUT2D eigenvalue weighted by atomic mass is 10.2. The van der Waals surface area contributed by atoms with Crippen LogP contribution in [0.1, 0.15) is 13.8 Å². The average molecular weight is 411 g/mol. The first-order valence-corrected chi connectivity index (χ1v) is 10.3. The number of carbonyl (C=O) groups is 1. The van der Waals surface area contributed by atoms with Crippen LogP contribution in [0.5, 0.6) is 5.75 Å². The Hall–Kier alpha value is -2.25. The molecule has 0 fully saturated rings. The van der Waals surface area contributed by atoms with Gasteiger partial charge in [0.25, 0.3) is 10.0 Å². The molecule has 2 rings (SSSR count). The number of ether oxygens (including phenoxy) is 1. The van der Waals surface area contributed by atoms with E-state index >= 15 is 0 Å². The third kappa shape index (κ3) is 5.37. The van der Waals surface area contributed by atoms with Gasteiger partial charge in [-0.25, -0.2) is 8.42 Å². The molecule has 0 aliphatic heterocycles. The van der Waals surface area contributed by atoms with E-state index < -0.39 is 15.9 Å². The van der Waals surface area contributed by atoms with E-state index in [-0.39, 0.29) is 28.1 Å². The Morgan fingerprint density at radius 2 is 1.85 bits per heavy atom. The van der Waals surface area contributed by atoms with Crippen molar-refractivity contribution in [1.82, 2.24) is 5.32 Å². The topological polar surface area (TPSA) is 75.7 Å². The van der Waals surface area contributed by atoms with Crippen LogP contribution >= 0.6 is 11.6 Å². The van der Waals surface area contributed by atoms with Crippen LogP contribution < -0.4 is 14.4 Å². The molecule has 0 aliphatic rings. The Bertz CT molecular complexity index is 886. The Morgan fingerprint density at radius 3 is 2.41 bits per heavy atom. The second kappa shape index (κ2) is 9.10. The summed E-state index contributed by atoms with van der Waals surface area (Å²) in [6.07, 6.45) is 0. The van der Waals surface area contributed by atoms with Crippen molar-refractivity contribution in [1.29, 1.82) is 0 Å². The Labute approximate surface area is 165 Å². The van der Waals surface area contributed by atoms with Gasteiger partial charge in [-0.15, -0.1) is 0 Å². The van der Waals surface area contributed by atoms with E-state index in [2.05, 4.69) is 5.32 Å². The molecule has 0 saturated heterocycles. The number of anilines is 1. The molecule has 0 unspecified atom stereocenters. The van der Waals surface area contributed by atoms with Gasteiger partial charge in [0.15, 0.2) is 0 Å². The van der Waals surface area contributed by atoms with Gasteiger partial charge >= 0.3 is 0 Å². The normalized spacial score (nSPS) is 11.3. The molecule has 0 bridgehead atoms. The largest absolute Gasteiger partial charge is 0.495 e. The number of amides is 1. The molecule has 146 valence electrons. The van der Waals surface area contributed by atoms with Crippen LogP contribution in [-0.2, 0) is 14.8 Å². The first-order valence-electron chi connectivity index (χ1n) is 8.43. The first-order chi connectivity index (χ1) is 12.8.